The zero-order valence-electron chi connectivity index (χ0n) is 6.69. The highest BCUT2D eigenvalue weighted by molar-refractivity contribution is 5.86. The number of aromatic amines is 1. The van der Waals surface area contributed by atoms with Crippen LogP contribution in [0.2, 0.25) is 0 Å². The SMILES string of the molecule is C#CCC(N)c1n[nH]nc1C(=O)O. The van der Waals surface area contributed by atoms with E-state index in [-0.39, 0.29) is 17.8 Å². The Labute approximate surface area is 74.1 Å². The second kappa shape index (κ2) is 3.69. The van der Waals surface area contributed by atoms with Crippen LogP contribution in [0.4, 0.5) is 0 Å². The van der Waals surface area contributed by atoms with Crippen molar-refractivity contribution in [3.63, 3.8) is 0 Å². The fraction of sp³-hybridized carbons (Fsp3) is 0.286. The molecule has 1 aromatic rings. The number of hydrogen-bond acceptors (Lipinski definition) is 4. The largest absolute Gasteiger partial charge is 0.476 e. The summed E-state index contributed by atoms with van der Waals surface area (Å²) in [6, 6.07) is -0.588. The second-order valence-electron chi connectivity index (χ2n) is 2.38. The standard InChI is InChI=1S/C7H8N4O2/c1-2-3-4(8)5-6(7(12)13)10-11-9-5/h1,4H,3,8H2,(H,12,13)(H,9,10,11). The average Bonchev–Trinajstić information content (AvgIpc) is 2.52. The van der Waals surface area contributed by atoms with E-state index in [1.807, 2.05) is 0 Å². The zero-order valence-corrected chi connectivity index (χ0v) is 6.69. The number of carboxylic acid groups (broad SMARTS) is 1. The molecule has 0 saturated heterocycles. The maximum atomic E-state index is 10.6. The fourth-order valence-corrected chi connectivity index (χ4v) is 0.879. The van der Waals surface area contributed by atoms with Crippen LogP contribution in [0.15, 0.2) is 0 Å². The smallest absolute Gasteiger partial charge is 0.358 e. The first-order valence-electron chi connectivity index (χ1n) is 3.49. The van der Waals surface area contributed by atoms with Crippen molar-refractivity contribution < 1.29 is 9.90 Å². The van der Waals surface area contributed by atoms with Crippen LogP contribution in [0, 0.1) is 12.3 Å². The Morgan fingerprint density at radius 1 is 1.77 bits per heavy atom. The van der Waals surface area contributed by atoms with Crippen molar-refractivity contribution in [2.75, 3.05) is 0 Å². The Bertz CT molecular complexity index is 352. The van der Waals surface area contributed by atoms with Gasteiger partial charge >= 0.3 is 5.97 Å². The van der Waals surface area contributed by atoms with Crippen molar-refractivity contribution in [3.8, 4) is 12.3 Å². The minimum absolute atomic E-state index is 0.178. The van der Waals surface area contributed by atoms with Crippen LogP contribution in [0.25, 0.3) is 0 Å². The van der Waals surface area contributed by atoms with E-state index >= 15 is 0 Å². The van der Waals surface area contributed by atoms with Gasteiger partial charge in [0.25, 0.3) is 0 Å². The van der Waals surface area contributed by atoms with Gasteiger partial charge in [0.05, 0.1) is 6.04 Å². The fourth-order valence-electron chi connectivity index (χ4n) is 0.879. The van der Waals surface area contributed by atoms with Crippen molar-refractivity contribution in [1.29, 1.82) is 0 Å². The highest BCUT2D eigenvalue weighted by Crippen LogP contribution is 2.13. The Morgan fingerprint density at radius 2 is 2.46 bits per heavy atom. The van der Waals surface area contributed by atoms with Crippen molar-refractivity contribution in [2.45, 2.75) is 12.5 Å². The van der Waals surface area contributed by atoms with Gasteiger partial charge in [-0.1, -0.05) is 0 Å². The number of H-pyrrole nitrogens is 1. The third kappa shape index (κ3) is 1.83. The summed E-state index contributed by atoms with van der Waals surface area (Å²) in [7, 11) is 0. The van der Waals surface area contributed by atoms with Crippen LogP contribution < -0.4 is 5.73 Å². The van der Waals surface area contributed by atoms with Crippen LogP contribution in [-0.4, -0.2) is 26.5 Å². The van der Waals surface area contributed by atoms with Crippen molar-refractivity contribution >= 4 is 5.97 Å². The van der Waals surface area contributed by atoms with Gasteiger partial charge in [-0.05, 0) is 0 Å². The molecule has 0 radical (unpaired) electrons. The van der Waals surface area contributed by atoms with E-state index in [0.29, 0.717) is 0 Å². The molecule has 0 aliphatic heterocycles. The first kappa shape index (κ1) is 9.22. The molecule has 0 aliphatic rings. The lowest BCUT2D eigenvalue weighted by Gasteiger charge is -2.03. The summed E-state index contributed by atoms with van der Waals surface area (Å²) in [5, 5.41) is 17.9. The number of aromatic carboxylic acids is 1. The Balaban J connectivity index is 2.94. The molecular formula is C7H8N4O2. The lowest BCUT2D eigenvalue weighted by Crippen LogP contribution is -2.14. The van der Waals surface area contributed by atoms with E-state index in [2.05, 4.69) is 21.3 Å². The zero-order chi connectivity index (χ0) is 9.84. The molecule has 4 N–H and O–H groups in total. The molecule has 6 heteroatoms. The minimum atomic E-state index is -1.17. The molecular weight excluding hydrogens is 172 g/mol. The Morgan fingerprint density at radius 3 is 3.00 bits per heavy atom. The van der Waals surface area contributed by atoms with E-state index in [0.717, 1.165) is 0 Å². The number of nitrogens with zero attached hydrogens (tertiary/aromatic N) is 2. The van der Waals surface area contributed by atoms with Crippen molar-refractivity contribution in [3.05, 3.63) is 11.4 Å². The first-order chi connectivity index (χ1) is 6.16. The summed E-state index contributed by atoms with van der Waals surface area (Å²) >= 11 is 0. The molecule has 0 bridgehead atoms. The summed E-state index contributed by atoms with van der Waals surface area (Å²) in [5.41, 5.74) is 5.57. The maximum absolute atomic E-state index is 10.6. The van der Waals surface area contributed by atoms with Crippen LogP contribution in [0.3, 0.4) is 0 Å². The van der Waals surface area contributed by atoms with Gasteiger partial charge in [0.2, 0.25) is 0 Å². The molecule has 0 aromatic carbocycles. The molecule has 1 rings (SSSR count). The van der Waals surface area contributed by atoms with E-state index in [9.17, 15) is 4.79 Å². The lowest BCUT2D eigenvalue weighted by molar-refractivity contribution is 0.0688. The molecule has 68 valence electrons. The van der Waals surface area contributed by atoms with Crippen LogP contribution in [0.5, 0.6) is 0 Å². The summed E-state index contributed by atoms with van der Waals surface area (Å²) in [6.45, 7) is 0. The number of carboxylic acids is 1. The van der Waals surface area contributed by atoms with E-state index in [1.54, 1.807) is 0 Å². The molecule has 0 amide bonds. The Kier molecular flexibility index (Phi) is 2.62. The molecule has 0 fully saturated rings. The monoisotopic (exact) mass is 180 g/mol. The van der Waals surface area contributed by atoms with Crippen LogP contribution in [0.1, 0.15) is 28.6 Å². The number of carbonyl (C=O) groups is 1. The molecule has 1 aromatic heterocycles. The van der Waals surface area contributed by atoms with Gasteiger partial charge in [-0.15, -0.1) is 17.4 Å². The summed E-state index contributed by atoms with van der Waals surface area (Å²) in [6.07, 6.45) is 5.25. The minimum Gasteiger partial charge on any atom is -0.476 e. The van der Waals surface area contributed by atoms with Gasteiger partial charge in [0.1, 0.15) is 5.69 Å². The van der Waals surface area contributed by atoms with Crippen LogP contribution in [-0.2, 0) is 0 Å². The van der Waals surface area contributed by atoms with Gasteiger partial charge in [-0.2, -0.15) is 10.3 Å². The topological polar surface area (TPSA) is 105 Å². The lowest BCUT2D eigenvalue weighted by atomic mass is 10.1. The highest BCUT2D eigenvalue weighted by atomic mass is 16.4. The van der Waals surface area contributed by atoms with Crippen molar-refractivity contribution in [2.24, 2.45) is 5.73 Å². The normalized spacial score (nSPS) is 12.0. The number of nitrogens with one attached hydrogen (secondary N) is 1. The van der Waals surface area contributed by atoms with Gasteiger partial charge < -0.3 is 10.8 Å². The number of rotatable bonds is 3. The number of aromatic nitrogens is 3. The average molecular weight is 180 g/mol. The summed E-state index contributed by atoms with van der Waals surface area (Å²) in [5.74, 6) is 1.15. The molecule has 1 atom stereocenters. The molecule has 0 aliphatic carbocycles. The highest BCUT2D eigenvalue weighted by Gasteiger charge is 2.19. The van der Waals surface area contributed by atoms with E-state index < -0.39 is 12.0 Å². The van der Waals surface area contributed by atoms with E-state index in [4.69, 9.17) is 17.3 Å². The summed E-state index contributed by atoms with van der Waals surface area (Å²) in [4.78, 5) is 10.6. The summed E-state index contributed by atoms with van der Waals surface area (Å²) < 4.78 is 0. The molecule has 1 heterocycles. The quantitative estimate of drug-likeness (QED) is 0.545. The number of nitrogens with two attached hydrogens (primary N) is 1. The van der Waals surface area contributed by atoms with Crippen molar-refractivity contribution in [1.82, 2.24) is 15.4 Å². The molecule has 0 saturated carbocycles. The van der Waals surface area contributed by atoms with Gasteiger partial charge in [0, 0.05) is 6.42 Å². The second-order valence-corrected chi connectivity index (χ2v) is 2.38. The molecule has 0 spiro atoms. The predicted octanol–water partition coefficient (Wildman–Crippen LogP) is -0.474. The first-order valence-corrected chi connectivity index (χ1v) is 3.49. The maximum Gasteiger partial charge on any atom is 0.358 e. The Hall–Kier alpha value is -1.87. The van der Waals surface area contributed by atoms with Gasteiger partial charge in [-0.3, -0.25) is 0 Å². The molecule has 6 nitrogen and oxygen atoms in total. The third-order valence-electron chi connectivity index (χ3n) is 1.47. The van der Waals surface area contributed by atoms with Crippen LogP contribution >= 0.6 is 0 Å². The number of terminal acetylenes is 1. The third-order valence-corrected chi connectivity index (χ3v) is 1.47. The molecule has 1 unspecified atom stereocenters. The van der Waals surface area contributed by atoms with E-state index in [1.165, 1.54) is 0 Å². The van der Waals surface area contributed by atoms with Gasteiger partial charge in [-0.25, -0.2) is 4.79 Å². The van der Waals surface area contributed by atoms with Gasteiger partial charge in [0.15, 0.2) is 5.69 Å². The molecule has 13 heavy (non-hydrogen) atoms. The number of hydrogen-bond donors (Lipinski definition) is 3. The predicted molar refractivity (Wildman–Crippen MR) is 43.7 cm³/mol.